The number of benzene rings is 1. The Balaban J connectivity index is 1.91. The Kier molecular flexibility index (Phi) is 2.64. The van der Waals surface area contributed by atoms with Crippen molar-refractivity contribution in [2.24, 2.45) is 0 Å². The van der Waals surface area contributed by atoms with E-state index in [0.29, 0.717) is 5.95 Å². The summed E-state index contributed by atoms with van der Waals surface area (Å²) in [5, 5.41) is 0.748. The number of nitrogens with zero attached hydrogens (tertiary/aromatic N) is 3. The second-order valence-corrected chi connectivity index (χ2v) is 4.71. The lowest BCUT2D eigenvalue weighted by atomic mass is 10.2. The van der Waals surface area contributed by atoms with E-state index < -0.39 is 0 Å². The molecule has 0 bridgehead atoms. The maximum Gasteiger partial charge on any atom is 0.244 e. The van der Waals surface area contributed by atoms with Crippen LogP contribution < -0.4 is 4.90 Å². The fourth-order valence-electron chi connectivity index (χ4n) is 1.79. The van der Waals surface area contributed by atoms with Crippen molar-refractivity contribution in [1.82, 2.24) is 9.36 Å². The van der Waals surface area contributed by atoms with Crippen LogP contribution in [0.25, 0.3) is 10.6 Å². The highest BCUT2D eigenvalue weighted by molar-refractivity contribution is 7.09. The van der Waals surface area contributed by atoms with Gasteiger partial charge in [-0.05, 0) is 11.5 Å². The monoisotopic (exact) mass is 259 g/mol. The van der Waals surface area contributed by atoms with E-state index in [0.717, 1.165) is 10.6 Å². The van der Waals surface area contributed by atoms with Crippen LogP contribution in [-0.4, -0.2) is 27.6 Å². The molecule has 1 amide bonds. The van der Waals surface area contributed by atoms with Gasteiger partial charge in [0.25, 0.3) is 0 Å². The first kappa shape index (κ1) is 11.0. The molecule has 1 fully saturated rings. The van der Waals surface area contributed by atoms with Crippen molar-refractivity contribution in [1.29, 1.82) is 0 Å². The Morgan fingerprint density at radius 3 is 2.61 bits per heavy atom. The zero-order valence-corrected chi connectivity index (χ0v) is 10.2. The minimum absolute atomic E-state index is 0.0418. The first-order chi connectivity index (χ1) is 8.74. The quantitative estimate of drug-likeness (QED) is 0.767. The number of Topliss-reactive ketones (excluding diaryl/α,β-unsaturated/α-hetero) is 1. The predicted octanol–water partition coefficient (Wildman–Crippen LogP) is 1.51. The second kappa shape index (κ2) is 4.30. The number of ketones is 1. The minimum atomic E-state index is -0.225. The summed E-state index contributed by atoms with van der Waals surface area (Å²) in [6.45, 7) is 0.0871. The molecule has 5 nitrogen and oxygen atoms in total. The maximum absolute atomic E-state index is 11.6. The van der Waals surface area contributed by atoms with Gasteiger partial charge in [-0.1, -0.05) is 30.3 Å². The molecule has 0 radical (unpaired) electrons. The predicted molar refractivity (Wildman–Crippen MR) is 67.3 cm³/mol. The van der Waals surface area contributed by atoms with Gasteiger partial charge in [-0.15, -0.1) is 0 Å². The molecule has 1 aromatic heterocycles. The molecule has 1 aliphatic heterocycles. The average molecular weight is 259 g/mol. The highest BCUT2D eigenvalue weighted by Crippen LogP contribution is 2.25. The fourth-order valence-corrected chi connectivity index (χ4v) is 2.46. The summed E-state index contributed by atoms with van der Waals surface area (Å²) in [6, 6.07) is 9.62. The second-order valence-electron chi connectivity index (χ2n) is 3.96. The van der Waals surface area contributed by atoms with Gasteiger partial charge in [-0.2, -0.15) is 9.36 Å². The summed E-state index contributed by atoms with van der Waals surface area (Å²) in [4.78, 5) is 28.4. The molecule has 1 aliphatic rings. The molecule has 6 heteroatoms. The molecule has 0 saturated carbocycles. The number of hydrogen-bond acceptors (Lipinski definition) is 5. The van der Waals surface area contributed by atoms with Crippen LogP contribution >= 0.6 is 11.5 Å². The molecular weight excluding hydrogens is 250 g/mol. The molecule has 0 spiro atoms. The van der Waals surface area contributed by atoms with Gasteiger partial charge in [0.05, 0.1) is 13.0 Å². The van der Waals surface area contributed by atoms with E-state index >= 15 is 0 Å². The van der Waals surface area contributed by atoms with Crippen LogP contribution in [0.15, 0.2) is 30.3 Å². The van der Waals surface area contributed by atoms with Crippen molar-refractivity contribution in [3.63, 3.8) is 0 Å². The van der Waals surface area contributed by atoms with Gasteiger partial charge in [0.1, 0.15) is 5.01 Å². The Hall–Kier alpha value is -2.08. The molecule has 0 atom stereocenters. The number of hydrogen-bond donors (Lipinski definition) is 0. The Morgan fingerprint density at radius 1 is 1.17 bits per heavy atom. The van der Waals surface area contributed by atoms with Crippen LogP contribution in [0.3, 0.4) is 0 Å². The normalized spacial score (nSPS) is 15.4. The summed E-state index contributed by atoms with van der Waals surface area (Å²) < 4.78 is 4.14. The van der Waals surface area contributed by atoms with Crippen molar-refractivity contribution < 1.29 is 9.59 Å². The fraction of sp³-hybridized carbons (Fsp3) is 0.167. The van der Waals surface area contributed by atoms with Gasteiger partial charge in [-0.3, -0.25) is 14.5 Å². The molecule has 90 valence electrons. The minimum Gasteiger partial charge on any atom is -0.297 e. The summed E-state index contributed by atoms with van der Waals surface area (Å²) in [7, 11) is 0. The van der Waals surface area contributed by atoms with E-state index in [-0.39, 0.29) is 24.7 Å². The van der Waals surface area contributed by atoms with Crippen LogP contribution in [-0.2, 0) is 9.59 Å². The topological polar surface area (TPSA) is 63.2 Å². The Bertz CT molecular complexity index is 609. The van der Waals surface area contributed by atoms with Gasteiger partial charge in [-0.25, -0.2) is 0 Å². The SMILES string of the molecule is O=C1CC(=O)N(c2nsc(-c3ccccc3)n2)C1. The maximum atomic E-state index is 11.6. The lowest BCUT2D eigenvalue weighted by molar-refractivity contribution is -0.121. The van der Waals surface area contributed by atoms with E-state index in [1.807, 2.05) is 30.3 Å². The van der Waals surface area contributed by atoms with Crippen LogP contribution in [0.4, 0.5) is 5.95 Å². The summed E-state index contributed by atoms with van der Waals surface area (Å²) >= 11 is 1.23. The van der Waals surface area contributed by atoms with Crippen LogP contribution in [0.1, 0.15) is 6.42 Å². The van der Waals surface area contributed by atoms with E-state index in [9.17, 15) is 9.59 Å². The lowest BCUT2D eigenvalue weighted by Crippen LogP contribution is -2.25. The third-order valence-corrected chi connectivity index (χ3v) is 3.42. The van der Waals surface area contributed by atoms with Crippen molar-refractivity contribution >= 4 is 29.2 Å². The van der Waals surface area contributed by atoms with Gasteiger partial charge in [0, 0.05) is 5.56 Å². The first-order valence-electron chi connectivity index (χ1n) is 5.45. The number of aromatic nitrogens is 2. The molecule has 18 heavy (non-hydrogen) atoms. The largest absolute Gasteiger partial charge is 0.297 e. The standard InChI is InChI=1S/C12H9N3O2S/c16-9-6-10(17)15(7-9)12-13-11(18-14-12)8-4-2-1-3-5-8/h1-5H,6-7H2. The third kappa shape index (κ3) is 1.91. The van der Waals surface area contributed by atoms with Crippen molar-refractivity contribution in [2.45, 2.75) is 6.42 Å². The van der Waals surface area contributed by atoms with Gasteiger partial charge < -0.3 is 0 Å². The van der Waals surface area contributed by atoms with E-state index in [2.05, 4.69) is 9.36 Å². The van der Waals surface area contributed by atoms with Crippen LogP contribution in [0.5, 0.6) is 0 Å². The number of rotatable bonds is 2. The van der Waals surface area contributed by atoms with Crippen LogP contribution in [0.2, 0.25) is 0 Å². The molecule has 0 aliphatic carbocycles. The van der Waals surface area contributed by atoms with Crippen molar-refractivity contribution in [3.8, 4) is 10.6 Å². The summed E-state index contributed by atoms with van der Waals surface area (Å²) in [5.74, 6) is 0.0168. The lowest BCUT2D eigenvalue weighted by Gasteiger charge is -2.07. The van der Waals surface area contributed by atoms with Gasteiger partial charge >= 0.3 is 0 Å². The van der Waals surface area contributed by atoms with E-state index in [1.54, 1.807) is 0 Å². The van der Waals surface area contributed by atoms with Crippen molar-refractivity contribution in [2.75, 3.05) is 11.4 Å². The van der Waals surface area contributed by atoms with Crippen LogP contribution in [0, 0.1) is 0 Å². The number of amides is 1. The Labute approximate surface area is 107 Å². The van der Waals surface area contributed by atoms with Crippen molar-refractivity contribution in [3.05, 3.63) is 30.3 Å². The third-order valence-electron chi connectivity index (χ3n) is 2.66. The molecule has 2 heterocycles. The molecule has 3 rings (SSSR count). The Morgan fingerprint density at radius 2 is 1.94 bits per heavy atom. The highest BCUT2D eigenvalue weighted by Gasteiger charge is 2.31. The molecule has 1 saturated heterocycles. The highest BCUT2D eigenvalue weighted by atomic mass is 32.1. The van der Waals surface area contributed by atoms with E-state index in [1.165, 1.54) is 16.4 Å². The first-order valence-corrected chi connectivity index (χ1v) is 6.22. The van der Waals surface area contributed by atoms with Gasteiger partial charge in [0.15, 0.2) is 5.78 Å². The number of carbonyl (C=O) groups excluding carboxylic acids is 2. The molecule has 0 unspecified atom stereocenters. The number of anilines is 1. The average Bonchev–Trinajstić information content (AvgIpc) is 2.97. The summed E-state index contributed by atoms with van der Waals surface area (Å²) in [5.41, 5.74) is 0.958. The molecule has 0 N–H and O–H groups in total. The molecular formula is C12H9N3O2S. The van der Waals surface area contributed by atoms with Gasteiger partial charge in [0.2, 0.25) is 11.9 Å². The smallest absolute Gasteiger partial charge is 0.244 e. The number of carbonyl (C=O) groups is 2. The molecule has 2 aromatic rings. The van der Waals surface area contributed by atoms with E-state index in [4.69, 9.17) is 0 Å². The molecule has 1 aromatic carbocycles. The zero-order chi connectivity index (χ0) is 12.5. The summed E-state index contributed by atoms with van der Waals surface area (Å²) in [6.07, 6.45) is -0.0418. The zero-order valence-electron chi connectivity index (χ0n) is 9.37.